The van der Waals surface area contributed by atoms with Crippen LogP contribution in [0.25, 0.3) is 0 Å². The maximum absolute atomic E-state index is 13.6. The first kappa shape index (κ1) is 13.5. The van der Waals surface area contributed by atoms with Crippen molar-refractivity contribution in [3.8, 4) is 6.07 Å². The Balaban J connectivity index is 3.13. The molecule has 0 N–H and O–H groups in total. The summed E-state index contributed by atoms with van der Waals surface area (Å²) in [5, 5.41) is 8.86. The molecule has 3 nitrogen and oxygen atoms in total. The number of ether oxygens (including phenoxy) is 1. The summed E-state index contributed by atoms with van der Waals surface area (Å²) in [4.78, 5) is 11.3. The van der Waals surface area contributed by atoms with Gasteiger partial charge >= 0.3 is 5.97 Å². The van der Waals surface area contributed by atoms with E-state index in [4.69, 9.17) is 21.6 Å². The second kappa shape index (κ2) is 6.21. The van der Waals surface area contributed by atoms with Crippen molar-refractivity contribution in [2.24, 2.45) is 0 Å². The van der Waals surface area contributed by atoms with Crippen molar-refractivity contribution in [1.82, 2.24) is 0 Å². The van der Waals surface area contributed by atoms with Crippen molar-refractivity contribution in [2.75, 3.05) is 6.61 Å². The topological polar surface area (TPSA) is 50.1 Å². The molecule has 0 atom stereocenters. The van der Waals surface area contributed by atoms with E-state index in [1.54, 1.807) is 6.92 Å². The van der Waals surface area contributed by atoms with Gasteiger partial charge in [-0.2, -0.15) is 5.26 Å². The molecule has 90 valence electrons. The largest absolute Gasteiger partial charge is 0.466 e. The number of halogens is 2. The van der Waals surface area contributed by atoms with Crippen molar-refractivity contribution in [1.29, 1.82) is 5.26 Å². The van der Waals surface area contributed by atoms with E-state index in [0.29, 0.717) is 5.56 Å². The number of alkyl halides is 1. The molecule has 0 aliphatic rings. The predicted octanol–water partition coefficient (Wildman–Crippen LogP) is 2.54. The standard InChI is InChI=1S/C12H11ClFNO2/c1-2-17-12(16)5-9-10(6-13)8(7-15)3-4-11(9)14/h3-4H,2,5-6H2,1H3. The van der Waals surface area contributed by atoms with Crippen LogP contribution >= 0.6 is 11.6 Å². The number of hydrogen-bond acceptors (Lipinski definition) is 3. The maximum atomic E-state index is 13.6. The molecule has 5 heteroatoms. The molecule has 0 aliphatic heterocycles. The van der Waals surface area contributed by atoms with E-state index >= 15 is 0 Å². The van der Waals surface area contributed by atoms with Crippen molar-refractivity contribution in [3.05, 3.63) is 34.6 Å². The lowest BCUT2D eigenvalue weighted by Crippen LogP contribution is -2.11. The first-order valence-electron chi connectivity index (χ1n) is 5.06. The Morgan fingerprint density at radius 1 is 1.53 bits per heavy atom. The molecule has 1 rings (SSSR count). The molecule has 1 aromatic carbocycles. The molecule has 1 aromatic rings. The van der Waals surface area contributed by atoms with Gasteiger partial charge in [0, 0.05) is 11.4 Å². The van der Waals surface area contributed by atoms with Crippen LogP contribution in [0, 0.1) is 17.1 Å². The Morgan fingerprint density at radius 3 is 2.76 bits per heavy atom. The zero-order chi connectivity index (χ0) is 12.8. The number of carbonyl (C=O) groups is 1. The van der Waals surface area contributed by atoms with Gasteiger partial charge in [-0.25, -0.2) is 4.39 Å². The molecule has 0 saturated heterocycles. The Bertz CT molecular complexity index is 468. The highest BCUT2D eigenvalue weighted by molar-refractivity contribution is 6.17. The highest BCUT2D eigenvalue weighted by Gasteiger charge is 2.16. The first-order valence-corrected chi connectivity index (χ1v) is 5.59. The van der Waals surface area contributed by atoms with Crippen molar-refractivity contribution in [3.63, 3.8) is 0 Å². The second-order valence-electron chi connectivity index (χ2n) is 3.28. The van der Waals surface area contributed by atoms with Gasteiger partial charge in [0.15, 0.2) is 0 Å². The van der Waals surface area contributed by atoms with Gasteiger partial charge in [0.05, 0.1) is 24.7 Å². The van der Waals surface area contributed by atoms with Gasteiger partial charge in [0.1, 0.15) is 5.82 Å². The van der Waals surface area contributed by atoms with Gasteiger partial charge in [-0.1, -0.05) is 0 Å². The van der Waals surface area contributed by atoms with E-state index in [-0.39, 0.29) is 30.0 Å². The molecule has 0 unspecified atom stereocenters. The van der Waals surface area contributed by atoms with Crippen LogP contribution in [0.5, 0.6) is 0 Å². The van der Waals surface area contributed by atoms with Gasteiger partial charge < -0.3 is 4.74 Å². The normalized spacial score (nSPS) is 9.76. The van der Waals surface area contributed by atoms with Crippen LogP contribution in [-0.4, -0.2) is 12.6 Å². The van der Waals surface area contributed by atoms with Crippen LogP contribution in [-0.2, 0) is 21.8 Å². The van der Waals surface area contributed by atoms with E-state index in [2.05, 4.69) is 0 Å². The Hall–Kier alpha value is -1.60. The number of hydrogen-bond donors (Lipinski definition) is 0. The first-order chi connectivity index (χ1) is 8.13. The summed E-state index contributed by atoms with van der Waals surface area (Å²) in [7, 11) is 0. The smallest absolute Gasteiger partial charge is 0.310 e. The third kappa shape index (κ3) is 3.18. The summed E-state index contributed by atoms with van der Waals surface area (Å²) >= 11 is 5.68. The van der Waals surface area contributed by atoms with E-state index < -0.39 is 11.8 Å². The molecule has 0 spiro atoms. The van der Waals surface area contributed by atoms with E-state index in [1.807, 2.05) is 6.07 Å². The van der Waals surface area contributed by atoms with Crippen LogP contribution in [0.2, 0.25) is 0 Å². The van der Waals surface area contributed by atoms with Crippen molar-refractivity contribution in [2.45, 2.75) is 19.2 Å². The monoisotopic (exact) mass is 255 g/mol. The fourth-order valence-electron chi connectivity index (χ4n) is 1.47. The number of nitrogens with zero attached hydrogens (tertiary/aromatic N) is 1. The molecule has 0 amide bonds. The average Bonchev–Trinajstić information content (AvgIpc) is 2.31. The lowest BCUT2D eigenvalue weighted by molar-refractivity contribution is -0.142. The summed E-state index contributed by atoms with van der Waals surface area (Å²) in [6, 6.07) is 4.42. The molecule has 0 aromatic heterocycles. The Labute approximate surface area is 104 Å². The van der Waals surface area contributed by atoms with E-state index in [1.165, 1.54) is 6.07 Å². The maximum Gasteiger partial charge on any atom is 0.310 e. The van der Waals surface area contributed by atoms with Gasteiger partial charge in [0.25, 0.3) is 0 Å². The molecule has 0 bridgehead atoms. The zero-order valence-corrected chi connectivity index (χ0v) is 10.1. The van der Waals surface area contributed by atoms with Crippen LogP contribution < -0.4 is 0 Å². The third-order valence-corrected chi connectivity index (χ3v) is 2.52. The summed E-state index contributed by atoms with van der Waals surface area (Å²) in [5.74, 6) is -1.10. The van der Waals surface area contributed by atoms with Crippen LogP contribution in [0.15, 0.2) is 12.1 Å². The Kier molecular flexibility index (Phi) is 4.92. The minimum Gasteiger partial charge on any atom is -0.466 e. The van der Waals surface area contributed by atoms with Crippen LogP contribution in [0.4, 0.5) is 4.39 Å². The highest BCUT2D eigenvalue weighted by atomic mass is 35.5. The molecule has 0 saturated carbocycles. The SMILES string of the molecule is CCOC(=O)Cc1c(F)ccc(C#N)c1CCl. The molecule has 17 heavy (non-hydrogen) atoms. The summed E-state index contributed by atoms with van der Waals surface area (Å²) in [6.45, 7) is 1.90. The van der Waals surface area contributed by atoms with Gasteiger partial charge in [0.2, 0.25) is 0 Å². The number of esters is 1. The van der Waals surface area contributed by atoms with Crippen LogP contribution in [0.1, 0.15) is 23.6 Å². The summed E-state index contributed by atoms with van der Waals surface area (Å²) in [5.41, 5.74) is 0.764. The van der Waals surface area contributed by atoms with Crippen molar-refractivity contribution < 1.29 is 13.9 Å². The summed E-state index contributed by atoms with van der Waals surface area (Å²) in [6.07, 6.45) is -0.211. The minimum absolute atomic E-state index is 0.0185. The molecular weight excluding hydrogens is 245 g/mol. The number of nitriles is 1. The molecule has 0 fully saturated rings. The quantitative estimate of drug-likeness (QED) is 0.614. The van der Waals surface area contributed by atoms with Crippen LogP contribution in [0.3, 0.4) is 0 Å². The Morgan fingerprint density at radius 2 is 2.24 bits per heavy atom. The zero-order valence-electron chi connectivity index (χ0n) is 9.30. The third-order valence-electron chi connectivity index (χ3n) is 2.25. The van der Waals surface area contributed by atoms with Gasteiger partial charge in [-0.15, -0.1) is 11.6 Å². The summed E-state index contributed by atoms with van der Waals surface area (Å²) < 4.78 is 18.3. The van der Waals surface area contributed by atoms with E-state index in [9.17, 15) is 9.18 Å². The second-order valence-corrected chi connectivity index (χ2v) is 3.55. The van der Waals surface area contributed by atoms with Crippen molar-refractivity contribution >= 4 is 17.6 Å². The predicted molar refractivity (Wildman–Crippen MR) is 61.0 cm³/mol. The minimum atomic E-state index is -0.548. The fourth-order valence-corrected chi connectivity index (χ4v) is 1.77. The van der Waals surface area contributed by atoms with E-state index in [0.717, 1.165) is 6.07 Å². The fraction of sp³-hybridized carbons (Fsp3) is 0.333. The lowest BCUT2D eigenvalue weighted by Gasteiger charge is -2.09. The molecular formula is C12H11ClFNO2. The number of rotatable bonds is 4. The highest BCUT2D eigenvalue weighted by Crippen LogP contribution is 2.21. The number of benzene rings is 1. The number of carbonyl (C=O) groups excluding carboxylic acids is 1. The lowest BCUT2D eigenvalue weighted by atomic mass is 10.00. The van der Waals surface area contributed by atoms with Gasteiger partial charge in [-0.05, 0) is 24.6 Å². The molecule has 0 radical (unpaired) electrons. The van der Waals surface area contributed by atoms with Gasteiger partial charge in [-0.3, -0.25) is 4.79 Å². The molecule has 0 aliphatic carbocycles. The molecule has 0 heterocycles. The average molecular weight is 256 g/mol.